The van der Waals surface area contributed by atoms with Gasteiger partial charge in [-0.1, -0.05) is 30.3 Å². The van der Waals surface area contributed by atoms with Crippen molar-refractivity contribution in [2.75, 3.05) is 7.11 Å². The first kappa shape index (κ1) is 9.28. The van der Waals surface area contributed by atoms with Crippen LogP contribution in [0.15, 0.2) is 36.4 Å². The van der Waals surface area contributed by atoms with Gasteiger partial charge in [-0.05, 0) is 18.6 Å². The van der Waals surface area contributed by atoms with Crippen LogP contribution in [0.5, 0.6) is 5.75 Å². The molecule has 80 valence electrons. The summed E-state index contributed by atoms with van der Waals surface area (Å²) in [6, 6.07) is 12.6. The van der Waals surface area contributed by atoms with Gasteiger partial charge in [-0.25, -0.2) is 0 Å². The van der Waals surface area contributed by atoms with Gasteiger partial charge < -0.3 is 9.72 Å². The highest BCUT2D eigenvalue weighted by atomic mass is 16.5. The molecule has 0 aliphatic rings. The van der Waals surface area contributed by atoms with Crippen molar-refractivity contribution in [2.24, 2.45) is 0 Å². The van der Waals surface area contributed by atoms with Crippen molar-refractivity contribution in [3.63, 3.8) is 0 Å². The van der Waals surface area contributed by atoms with Gasteiger partial charge in [0.25, 0.3) is 0 Å². The van der Waals surface area contributed by atoms with Crippen molar-refractivity contribution in [2.45, 2.75) is 6.92 Å². The van der Waals surface area contributed by atoms with E-state index in [-0.39, 0.29) is 0 Å². The Bertz CT molecular complexity index is 667. The number of rotatable bonds is 1. The van der Waals surface area contributed by atoms with Gasteiger partial charge in [0, 0.05) is 16.3 Å². The van der Waals surface area contributed by atoms with Crippen LogP contribution in [0.3, 0.4) is 0 Å². The quantitative estimate of drug-likeness (QED) is 0.653. The molecule has 3 aromatic rings. The molecule has 0 aliphatic heterocycles. The maximum absolute atomic E-state index is 5.46. The average Bonchev–Trinajstić information content (AvgIpc) is 2.67. The number of benzene rings is 2. The molecular formula is C14H13NO. The Morgan fingerprint density at radius 3 is 2.62 bits per heavy atom. The lowest BCUT2D eigenvalue weighted by Crippen LogP contribution is -1.87. The minimum atomic E-state index is 0.939. The van der Waals surface area contributed by atoms with Gasteiger partial charge in [-0.2, -0.15) is 0 Å². The normalized spacial score (nSPS) is 11.1. The fourth-order valence-electron chi connectivity index (χ4n) is 2.26. The van der Waals surface area contributed by atoms with E-state index < -0.39 is 0 Å². The van der Waals surface area contributed by atoms with Crippen LogP contribution in [0, 0.1) is 6.92 Å². The van der Waals surface area contributed by atoms with Crippen molar-refractivity contribution < 1.29 is 4.74 Å². The number of ether oxygens (including phenoxy) is 1. The molecule has 0 bridgehead atoms. The van der Waals surface area contributed by atoms with Gasteiger partial charge in [0.1, 0.15) is 5.75 Å². The lowest BCUT2D eigenvalue weighted by Gasteiger charge is -2.05. The molecule has 3 rings (SSSR count). The number of aromatic nitrogens is 1. The third kappa shape index (κ3) is 1.13. The van der Waals surface area contributed by atoms with E-state index >= 15 is 0 Å². The summed E-state index contributed by atoms with van der Waals surface area (Å²) in [5, 5.41) is 2.47. The molecule has 0 atom stereocenters. The van der Waals surface area contributed by atoms with Gasteiger partial charge in [0.15, 0.2) is 0 Å². The second-order valence-electron chi connectivity index (χ2n) is 4.01. The Morgan fingerprint density at radius 1 is 1.00 bits per heavy atom. The average molecular weight is 211 g/mol. The summed E-state index contributed by atoms with van der Waals surface area (Å²) in [4.78, 5) is 3.41. The molecule has 16 heavy (non-hydrogen) atoms. The van der Waals surface area contributed by atoms with Gasteiger partial charge >= 0.3 is 0 Å². The number of hydrogen-bond acceptors (Lipinski definition) is 1. The number of hydrogen-bond donors (Lipinski definition) is 1. The minimum Gasteiger partial charge on any atom is -0.494 e. The predicted molar refractivity (Wildman–Crippen MR) is 67.1 cm³/mol. The van der Waals surface area contributed by atoms with Crippen molar-refractivity contribution >= 4 is 21.8 Å². The number of aryl methyl sites for hydroxylation is 1. The summed E-state index contributed by atoms with van der Waals surface area (Å²) < 4.78 is 5.46. The van der Waals surface area contributed by atoms with E-state index in [9.17, 15) is 0 Å². The van der Waals surface area contributed by atoms with Crippen LogP contribution < -0.4 is 4.74 Å². The maximum Gasteiger partial charge on any atom is 0.145 e. The highest BCUT2D eigenvalue weighted by molar-refractivity contribution is 6.09. The number of aromatic amines is 1. The second kappa shape index (κ2) is 3.27. The molecule has 1 heterocycles. The molecule has 0 spiro atoms. The zero-order valence-electron chi connectivity index (χ0n) is 9.37. The Hall–Kier alpha value is -1.96. The van der Waals surface area contributed by atoms with Crippen molar-refractivity contribution in [1.29, 1.82) is 0 Å². The van der Waals surface area contributed by atoms with Crippen LogP contribution in [0.25, 0.3) is 21.8 Å². The largest absolute Gasteiger partial charge is 0.494 e. The topological polar surface area (TPSA) is 25.0 Å². The van der Waals surface area contributed by atoms with Crippen LogP contribution in [0.1, 0.15) is 5.56 Å². The number of H-pyrrole nitrogens is 1. The molecule has 0 saturated heterocycles. The van der Waals surface area contributed by atoms with Crippen LogP contribution >= 0.6 is 0 Å². The molecule has 0 aliphatic carbocycles. The van der Waals surface area contributed by atoms with Crippen molar-refractivity contribution in [1.82, 2.24) is 4.98 Å². The Morgan fingerprint density at radius 2 is 1.81 bits per heavy atom. The van der Waals surface area contributed by atoms with E-state index in [2.05, 4.69) is 42.2 Å². The number of nitrogens with one attached hydrogen (secondary N) is 1. The van der Waals surface area contributed by atoms with E-state index in [4.69, 9.17) is 4.74 Å². The standard InChI is InChI=1S/C14H13NO/c1-9-7-8-11-10-5-3-4-6-12(10)15-13(11)14(9)16-2/h3-8,15H,1-2H3. The van der Waals surface area contributed by atoms with Crippen molar-refractivity contribution in [3.05, 3.63) is 42.0 Å². The second-order valence-corrected chi connectivity index (χ2v) is 4.01. The lowest BCUT2D eigenvalue weighted by atomic mass is 10.1. The van der Waals surface area contributed by atoms with Crippen molar-refractivity contribution in [3.8, 4) is 5.75 Å². The molecule has 2 nitrogen and oxygen atoms in total. The van der Waals surface area contributed by atoms with Gasteiger partial charge in [0.2, 0.25) is 0 Å². The van der Waals surface area contributed by atoms with E-state index in [0.717, 1.165) is 22.3 Å². The first-order valence-corrected chi connectivity index (χ1v) is 5.35. The smallest absolute Gasteiger partial charge is 0.145 e. The fraction of sp³-hybridized carbons (Fsp3) is 0.143. The van der Waals surface area contributed by atoms with E-state index in [1.54, 1.807) is 7.11 Å². The van der Waals surface area contributed by atoms with Gasteiger partial charge in [-0.3, -0.25) is 0 Å². The zero-order chi connectivity index (χ0) is 11.1. The molecule has 0 unspecified atom stereocenters. The first-order valence-electron chi connectivity index (χ1n) is 5.35. The lowest BCUT2D eigenvalue weighted by molar-refractivity contribution is 0.416. The molecule has 0 radical (unpaired) electrons. The molecule has 1 N–H and O–H groups in total. The van der Waals surface area contributed by atoms with Crippen LogP contribution in [-0.2, 0) is 0 Å². The molecule has 0 amide bonds. The molecule has 1 aromatic heterocycles. The molecule has 2 heteroatoms. The van der Waals surface area contributed by atoms with E-state index in [1.807, 2.05) is 6.07 Å². The third-order valence-electron chi connectivity index (χ3n) is 3.04. The van der Waals surface area contributed by atoms with E-state index in [1.165, 1.54) is 10.8 Å². The van der Waals surface area contributed by atoms with Crippen LogP contribution in [-0.4, -0.2) is 12.1 Å². The number of fused-ring (bicyclic) bond motifs is 3. The minimum absolute atomic E-state index is 0.939. The Labute approximate surface area is 93.8 Å². The Kier molecular flexibility index (Phi) is 1.90. The molecule has 0 saturated carbocycles. The zero-order valence-corrected chi connectivity index (χ0v) is 9.37. The van der Waals surface area contributed by atoms with E-state index in [0.29, 0.717) is 0 Å². The number of para-hydroxylation sites is 1. The predicted octanol–water partition coefficient (Wildman–Crippen LogP) is 3.64. The molecule has 0 fully saturated rings. The summed E-state index contributed by atoms with van der Waals surface area (Å²) >= 11 is 0. The SMILES string of the molecule is COc1c(C)ccc2c1[nH]c1ccccc12. The van der Waals surface area contributed by atoms with Gasteiger partial charge in [-0.15, -0.1) is 0 Å². The van der Waals surface area contributed by atoms with Gasteiger partial charge in [0.05, 0.1) is 12.6 Å². The summed E-state index contributed by atoms with van der Waals surface area (Å²) in [5.41, 5.74) is 3.40. The Balaban J connectivity index is 2.54. The van der Waals surface area contributed by atoms with Crippen LogP contribution in [0.2, 0.25) is 0 Å². The highest BCUT2D eigenvalue weighted by Gasteiger charge is 2.09. The highest BCUT2D eigenvalue weighted by Crippen LogP contribution is 2.33. The number of methoxy groups -OCH3 is 1. The summed E-state index contributed by atoms with van der Waals surface area (Å²) in [6.07, 6.45) is 0. The summed E-state index contributed by atoms with van der Waals surface area (Å²) in [7, 11) is 1.72. The molecular weight excluding hydrogens is 198 g/mol. The summed E-state index contributed by atoms with van der Waals surface area (Å²) in [6.45, 7) is 2.06. The first-order chi connectivity index (χ1) is 7.81. The molecule has 2 aromatic carbocycles. The third-order valence-corrected chi connectivity index (χ3v) is 3.04. The summed E-state index contributed by atoms with van der Waals surface area (Å²) in [5.74, 6) is 0.939. The maximum atomic E-state index is 5.46. The fourth-order valence-corrected chi connectivity index (χ4v) is 2.26. The van der Waals surface area contributed by atoms with Crippen LogP contribution in [0.4, 0.5) is 0 Å². The monoisotopic (exact) mass is 211 g/mol.